The van der Waals surface area contributed by atoms with Gasteiger partial charge in [-0.1, -0.05) is 44.6 Å². The number of carbonyl (C=O) groups is 3. The highest BCUT2D eigenvalue weighted by atomic mass is 32.2. The molecule has 3 aliphatic rings. The summed E-state index contributed by atoms with van der Waals surface area (Å²) in [5, 5.41) is 0.874. The van der Waals surface area contributed by atoms with E-state index in [0.29, 0.717) is 77.7 Å². The molecule has 19 nitrogen and oxygen atoms in total. The molecule has 1 saturated heterocycles. The molecule has 0 spiro atoms. The topological polar surface area (TPSA) is 287 Å². The zero-order valence-electron chi connectivity index (χ0n) is 37.3. The van der Waals surface area contributed by atoms with Crippen molar-refractivity contribution >= 4 is 96.9 Å². The highest BCUT2D eigenvalue weighted by Gasteiger charge is 2.46. The van der Waals surface area contributed by atoms with Gasteiger partial charge in [0.1, 0.15) is 16.3 Å². The van der Waals surface area contributed by atoms with Gasteiger partial charge in [-0.2, -0.15) is 38.2 Å². The van der Waals surface area contributed by atoms with Crippen LogP contribution in [0.15, 0.2) is 104 Å². The van der Waals surface area contributed by atoms with Crippen LogP contribution in [0.1, 0.15) is 84.3 Å². The first-order valence-corrected chi connectivity index (χ1v) is 26.9. The summed E-state index contributed by atoms with van der Waals surface area (Å²) in [6.07, 6.45) is 10.0. The van der Waals surface area contributed by atoms with Crippen LogP contribution >= 0.6 is 0 Å². The second-order valence-electron chi connectivity index (χ2n) is 17.5. The number of rotatable bonds is 15. The third-order valence-corrected chi connectivity index (χ3v) is 15.9. The Morgan fingerprint density at radius 2 is 1.22 bits per heavy atom. The van der Waals surface area contributed by atoms with Crippen LogP contribution in [0, 0.1) is 0 Å². The van der Waals surface area contributed by atoms with Gasteiger partial charge in [0.2, 0.25) is 5.69 Å². The average molecular weight is 1020 g/mol. The quantitative estimate of drug-likeness (QED) is 0.0332. The van der Waals surface area contributed by atoms with Crippen molar-refractivity contribution in [1.29, 1.82) is 0 Å². The van der Waals surface area contributed by atoms with Crippen LogP contribution in [0.3, 0.4) is 0 Å². The summed E-state index contributed by atoms with van der Waals surface area (Å²) in [6, 6.07) is 9.92. The van der Waals surface area contributed by atoms with Gasteiger partial charge in [0.15, 0.2) is 5.71 Å². The predicted octanol–water partition coefficient (Wildman–Crippen LogP) is 6.34. The van der Waals surface area contributed by atoms with Crippen LogP contribution in [0.5, 0.6) is 0 Å². The van der Waals surface area contributed by atoms with E-state index in [4.69, 9.17) is 4.84 Å². The number of anilines is 1. The lowest BCUT2D eigenvalue weighted by Gasteiger charge is -2.27. The number of fused-ring (bicyclic) bond motifs is 6. The lowest BCUT2D eigenvalue weighted by molar-refractivity contribution is -0.433. The van der Waals surface area contributed by atoms with Gasteiger partial charge in [0.25, 0.3) is 52.3 Å². The smallest absolute Gasteiger partial charge is 0.333 e. The molecular weight excluding hydrogens is 967 g/mol. The Kier molecular flexibility index (Phi) is 13.1. The normalized spacial score (nSPS) is 18.0. The molecule has 2 amide bonds. The fraction of sp³-hybridized carbons (Fsp3) is 0.333. The number of hydrogen-bond acceptors (Lipinski definition) is 13. The third-order valence-electron chi connectivity index (χ3n) is 12.5. The molecule has 0 unspecified atom stereocenters. The SMILES string of the molecule is CC[N+]1=C(/C=C/C=C/C=C2/N(CCCCCC(=O)ON3C(=O)CCC3=O)c3ccc4c(S(=O)(=O)O)cc(S(=O)(=O)O)cc4c3C2(C)C)C(C)(C)c2c1ccc1c(S(=O)(=O)O)cc(S(=O)(=O)O)cc21. The van der Waals surface area contributed by atoms with Crippen LogP contribution in [-0.2, 0) is 70.5 Å². The molecule has 4 aromatic carbocycles. The summed E-state index contributed by atoms with van der Waals surface area (Å²) in [7, 11) is -19.8. The molecule has 4 aromatic rings. The molecule has 0 aromatic heterocycles. The van der Waals surface area contributed by atoms with E-state index in [1.165, 1.54) is 18.2 Å². The first kappa shape index (κ1) is 50.2. The molecule has 0 aliphatic carbocycles. The largest absolute Gasteiger partial charge is 0.344 e. The van der Waals surface area contributed by atoms with Gasteiger partial charge in [-0.25, -0.2) is 4.79 Å². The number of amides is 2. The monoisotopic (exact) mass is 1010 g/mol. The second kappa shape index (κ2) is 17.7. The lowest BCUT2D eigenvalue weighted by Crippen LogP contribution is -2.32. The first-order chi connectivity index (χ1) is 31.5. The molecule has 3 heterocycles. The van der Waals surface area contributed by atoms with Crippen molar-refractivity contribution in [2.45, 2.75) is 104 Å². The molecule has 3 aliphatic heterocycles. The van der Waals surface area contributed by atoms with Crippen LogP contribution in [-0.4, -0.2) is 98.1 Å². The number of unbranched alkanes of at least 4 members (excludes halogenated alkanes) is 2. The summed E-state index contributed by atoms with van der Waals surface area (Å²) < 4.78 is 142. The molecule has 0 saturated carbocycles. The number of carbonyl (C=O) groups excluding carboxylic acids is 3. The first-order valence-electron chi connectivity index (χ1n) is 21.2. The highest BCUT2D eigenvalue weighted by Crippen LogP contribution is 2.52. The van der Waals surface area contributed by atoms with E-state index in [2.05, 4.69) is 0 Å². The molecule has 1 fully saturated rings. The number of imide groups is 1. The maximum atomic E-state index is 12.6. The Morgan fingerprint density at radius 3 is 1.75 bits per heavy atom. The fourth-order valence-corrected chi connectivity index (χ4v) is 12.1. The fourth-order valence-electron chi connectivity index (χ4n) is 9.46. The highest BCUT2D eigenvalue weighted by molar-refractivity contribution is 7.87. The Balaban J connectivity index is 1.24. The minimum absolute atomic E-state index is 0.00810. The molecule has 7 rings (SSSR count). The van der Waals surface area contributed by atoms with Crippen molar-refractivity contribution in [3.63, 3.8) is 0 Å². The van der Waals surface area contributed by atoms with Crippen molar-refractivity contribution < 1.29 is 75.7 Å². The van der Waals surface area contributed by atoms with Crippen molar-refractivity contribution in [3.8, 4) is 0 Å². The number of allylic oxidation sites excluding steroid dienone is 6. The van der Waals surface area contributed by atoms with Gasteiger partial charge in [0.05, 0.1) is 15.2 Å². The van der Waals surface area contributed by atoms with Gasteiger partial charge in [0, 0.05) is 71.1 Å². The van der Waals surface area contributed by atoms with Gasteiger partial charge in [-0.05, 0) is 92.4 Å². The number of hydrogen-bond donors (Lipinski definition) is 4. The third kappa shape index (κ3) is 9.28. The van der Waals surface area contributed by atoms with Crippen LogP contribution in [0.25, 0.3) is 21.5 Å². The van der Waals surface area contributed by atoms with Gasteiger partial charge in [-0.15, -0.1) is 5.06 Å². The van der Waals surface area contributed by atoms with Crippen molar-refractivity contribution in [3.05, 3.63) is 95.7 Å². The Hall–Kier alpha value is -5.66. The summed E-state index contributed by atoms with van der Waals surface area (Å²) in [4.78, 5) is 40.3. The minimum Gasteiger partial charge on any atom is -0.344 e. The summed E-state index contributed by atoms with van der Waals surface area (Å²) in [6.45, 7) is 10.1. The predicted molar refractivity (Wildman–Crippen MR) is 248 cm³/mol. The van der Waals surface area contributed by atoms with E-state index in [-0.39, 0.29) is 40.8 Å². The molecular formula is C45H48N3O16S4+. The maximum absolute atomic E-state index is 12.6. The van der Waals surface area contributed by atoms with Crippen LogP contribution in [0.4, 0.5) is 11.4 Å². The minimum atomic E-state index is -5.00. The van der Waals surface area contributed by atoms with E-state index < -0.39 is 88.7 Å². The van der Waals surface area contributed by atoms with E-state index >= 15 is 0 Å². The standard InChI is InChI=1S/C45H47N3O16S4/c1-6-46-33-18-16-29-31(23-27(65(52,53)54)25-35(29)67(58,59)60)42(33)44(2,3)37(46)13-9-7-10-14-38-45(4,5)43-32-24-28(66(55,56)57)26-36(68(61,62)63)30(32)17-19-34(43)47(38)22-12-8-11-15-41(51)64-48-39(49)20-21-40(48)50/h7,9-10,13-14,16-19,23-26H,6,8,11-12,15,20-22H2,1-5H3,(H3-,52,53,54,55,56,57,58,59,60,61,62,63)/p+1. The Morgan fingerprint density at radius 1 is 0.676 bits per heavy atom. The van der Waals surface area contributed by atoms with Crippen molar-refractivity contribution in [2.24, 2.45) is 0 Å². The lowest BCUT2D eigenvalue weighted by atomic mass is 9.79. The molecule has 68 heavy (non-hydrogen) atoms. The molecule has 0 radical (unpaired) electrons. The zero-order chi connectivity index (χ0) is 50.1. The molecule has 0 bridgehead atoms. The Labute approximate surface area is 393 Å². The Bertz CT molecular complexity index is 3450. The molecule has 4 N–H and O–H groups in total. The second-order valence-corrected chi connectivity index (χ2v) is 23.2. The molecule has 0 atom stereocenters. The number of benzene rings is 4. The average Bonchev–Trinajstić information content (AvgIpc) is 3.75. The van der Waals surface area contributed by atoms with Crippen LogP contribution < -0.4 is 4.90 Å². The summed E-state index contributed by atoms with van der Waals surface area (Å²) >= 11 is 0. The van der Waals surface area contributed by atoms with Crippen molar-refractivity contribution in [1.82, 2.24) is 5.06 Å². The van der Waals surface area contributed by atoms with Gasteiger partial charge in [-0.3, -0.25) is 27.8 Å². The van der Waals surface area contributed by atoms with Crippen molar-refractivity contribution in [2.75, 3.05) is 18.0 Å². The maximum Gasteiger partial charge on any atom is 0.333 e. The van der Waals surface area contributed by atoms with E-state index in [0.717, 1.165) is 11.8 Å². The molecule has 23 heteroatoms. The zero-order valence-corrected chi connectivity index (χ0v) is 40.6. The van der Waals surface area contributed by atoms with E-state index in [1.54, 1.807) is 30.4 Å². The van der Waals surface area contributed by atoms with E-state index in [9.17, 15) is 66.3 Å². The summed E-state index contributed by atoms with van der Waals surface area (Å²) in [5.74, 6) is -1.93. The number of hydroxylamine groups is 2. The van der Waals surface area contributed by atoms with Gasteiger partial charge < -0.3 is 9.74 Å². The van der Waals surface area contributed by atoms with Gasteiger partial charge >= 0.3 is 5.97 Å². The molecule has 362 valence electrons. The summed E-state index contributed by atoms with van der Waals surface area (Å²) in [5.41, 5.74) is 1.78. The van der Waals surface area contributed by atoms with Crippen LogP contribution in [0.2, 0.25) is 0 Å². The number of nitrogens with zero attached hydrogens (tertiary/aromatic N) is 3. The van der Waals surface area contributed by atoms with E-state index in [1.807, 2.05) is 56.2 Å².